The molecule has 1 N–H and O–H groups in total. The first kappa shape index (κ1) is 12.5. The molecule has 0 bridgehead atoms. The number of H-pyrrole nitrogens is 1. The quantitative estimate of drug-likeness (QED) is 0.776. The Labute approximate surface area is 116 Å². The Morgan fingerprint density at radius 2 is 2.05 bits per heavy atom. The molecule has 2 aromatic heterocycles. The largest absolute Gasteiger partial charge is 0.357 e. The average molecular weight is 268 g/mol. The first-order valence-corrected chi connectivity index (χ1v) is 6.43. The molecule has 0 saturated heterocycles. The van der Waals surface area contributed by atoms with Gasteiger partial charge >= 0.3 is 0 Å². The van der Waals surface area contributed by atoms with Crippen LogP contribution >= 0.6 is 0 Å². The SMILES string of the molecule is Cc1cc[nH]c1C(=O)N(C)c1nc2ccccc2n1C. The fourth-order valence-electron chi connectivity index (χ4n) is 2.37. The van der Waals surface area contributed by atoms with Crippen molar-refractivity contribution < 1.29 is 4.79 Å². The number of rotatable bonds is 2. The second-order valence-electron chi connectivity index (χ2n) is 4.86. The maximum atomic E-state index is 12.5. The fraction of sp³-hybridized carbons (Fsp3) is 0.200. The van der Waals surface area contributed by atoms with Crippen LogP contribution in [0, 0.1) is 6.92 Å². The van der Waals surface area contributed by atoms with Gasteiger partial charge in [0, 0.05) is 20.3 Å². The zero-order chi connectivity index (χ0) is 14.3. The topological polar surface area (TPSA) is 53.9 Å². The van der Waals surface area contributed by atoms with Gasteiger partial charge in [-0.3, -0.25) is 9.69 Å². The third-order valence-electron chi connectivity index (χ3n) is 3.54. The Morgan fingerprint density at radius 3 is 2.70 bits per heavy atom. The van der Waals surface area contributed by atoms with E-state index in [0.29, 0.717) is 11.6 Å². The van der Waals surface area contributed by atoms with Crippen molar-refractivity contribution >= 4 is 22.9 Å². The predicted molar refractivity (Wildman–Crippen MR) is 79.0 cm³/mol. The van der Waals surface area contributed by atoms with Gasteiger partial charge in [-0.25, -0.2) is 4.98 Å². The number of carbonyl (C=O) groups excluding carboxylic acids is 1. The van der Waals surface area contributed by atoms with Crippen LogP contribution in [0.2, 0.25) is 0 Å². The van der Waals surface area contributed by atoms with E-state index in [9.17, 15) is 4.79 Å². The first-order chi connectivity index (χ1) is 9.59. The van der Waals surface area contributed by atoms with Gasteiger partial charge in [0.1, 0.15) is 5.69 Å². The van der Waals surface area contributed by atoms with Crippen molar-refractivity contribution in [3.8, 4) is 0 Å². The number of hydrogen-bond acceptors (Lipinski definition) is 2. The summed E-state index contributed by atoms with van der Waals surface area (Å²) in [5.41, 5.74) is 3.42. The molecule has 0 aliphatic carbocycles. The predicted octanol–water partition coefficient (Wildman–Crippen LogP) is 2.49. The Bertz CT molecular complexity index is 784. The maximum absolute atomic E-state index is 12.5. The molecular weight excluding hydrogens is 252 g/mol. The summed E-state index contributed by atoms with van der Waals surface area (Å²) in [6.45, 7) is 1.91. The van der Waals surface area contributed by atoms with Gasteiger partial charge in [-0.1, -0.05) is 12.1 Å². The number of nitrogens with one attached hydrogen (secondary N) is 1. The van der Waals surface area contributed by atoms with Crippen molar-refractivity contribution in [2.75, 3.05) is 11.9 Å². The van der Waals surface area contributed by atoms with Crippen molar-refractivity contribution in [3.63, 3.8) is 0 Å². The Kier molecular flexibility index (Phi) is 2.82. The summed E-state index contributed by atoms with van der Waals surface area (Å²) in [6.07, 6.45) is 1.77. The molecule has 2 heterocycles. The van der Waals surface area contributed by atoms with Crippen LogP contribution in [-0.2, 0) is 7.05 Å². The lowest BCUT2D eigenvalue weighted by Gasteiger charge is -2.16. The minimum absolute atomic E-state index is 0.0918. The van der Waals surface area contributed by atoms with Crippen LogP contribution in [-0.4, -0.2) is 27.5 Å². The Hall–Kier alpha value is -2.56. The second kappa shape index (κ2) is 4.52. The number of hydrogen-bond donors (Lipinski definition) is 1. The third-order valence-corrected chi connectivity index (χ3v) is 3.54. The summed E-state index contributed by atoms with van der Waals surface area (Å²) in [6, 6.07) is 9.72. The van der Waals surface area contributed by atoms with Gasteiger partial charge in [-0.2, -0.15) is 0 Å². The smallest absolute Gasteiger partial charge is 0.277 e. The molecule has 3 aromatic rings. The number of amides is 1. The lowest BCUT2D eigenvalue weighted by atomic mass is 10.2. The van der Waals surface area contributed by atoms with Crippen molar-refractivity contribution in [2.24, 2.45) is 7.05 Å². The van der Waals surface area contributed by atoms with Crippen LogP contribution in [0.5, 0.6) is 0 Å². The molecule has 0 fully saturated rings. The van der Waals surface area contributed by atoms with Gasteiger partial charge in [-0.15, -0.1) is 0 Å². The number of aromatic amines is 1. The van der Waals surface area contributed by atoms with Crippen LogP contribution in [0.1, 0.15) is 16.1 Å². The number of anilines is 1. The lowest BCUT2D eigenvalue weighted by Crippen LogP contribution is -2.29. The highest BCUT2D eigenvalue weighted by Crippen LogP contribution is 2.21. The van der Waals surface area contributed by atoms with Gasteiger partial charge in [-0.05, 0) is 30.7 Å². The normalized spacial score (nSPS) is 10.9. The fourth-order valence-corrected chi connectivity index (χ4v) is 2.37. The molecule has 0 unspecified atom stereocenters. The van der Waals surface area contributed by atoms with Crippen LogP contribution in [0.15, 0.2) is 36.5 Å². The van der Waals surface area contributed by atoms with Crippen LogP contribution in [0.25, 0.3) is 11.0 Å². The standard InChI is InChI=1S/C15H16N4O/c1-10-8-9-16-13(10)14(20)19(3)15-17-11-6-4-5-7-12(11)18(15)2/h4-9,16H,1-3H3. The molecular formula is C15H16N4O. The zero-order valence-corrected chi connectivity index (χ0v) is 11.7. The number of imidazole rings is 1. The van der Waals surface area contributed by atoms with E-state index in [0.717, 1.165) is 16.6 Å². The van der Waals surface area contributed by atoms with Crippen LogP contribution < -0.4 is 4.90 Å². The summed E-state index contributed by atoms with van der Waals surface area (Å²) in [5, 5.41) is 0. The van der Waals surface area contributed by atoms with Gasteiger partial charge < -0.3 is 9.55 Å². The molecule has 1 aromatic carbocycles. The molecule has 1 amide bonds. The van der Waals surface area contributed by atoms with Crippen LogP contribution in [0.3, 0.4) is 0 Å². The first-order valence-electron chi connectivity index (χ1n) is 6.43. The highest BCUT2D eigenvalue weighted by atomic mass is 16.2. The molecule has 0 atom stereocenters. The van der Waals surface area contributed by atoms with E-state index in [1.165, 1.54) is 0 Å². The lowest BCUT2D eigenvalue weighted by molar-refractivity contribution is 0.0986. The van der Waals surface area contributed by atoms with Gasteiger partial charge in [0.05, 0.1) is 11.0 Å². The number of aryl methyl sites for hydroxylation is 2. The summed E-state index contributed by atoms with van der Waals surface area (Å²) in [7, 11) is 3.65. The minimum Gasteiger partial charge on any atom is -0.357 e. The molecule has 0 radical (unpaired) electrons. The number of fused-ring (bicyclic) bond motifs is 1. The molecule has 0 aliphatic heterocycles. The third kappa shape index (κ3) is 1.79. The summed E-state index contributed by atoms with van der Waals surface area (Å²) < 4.78 is 1.92. The molecule has 5 heteroatoms. The second-order valence-corrected chi connectivity index (χ2v) is 4.86. The van der Waals surface area contributed by atoms with Crippen molar-refractivity contribution in [1.82, 2.24) is 14.5 Å². The summed E-state index contributed by atoms with van der Waals surface area (Å²) in [4.78, 5) is 21.6. The highest BCUT2D eigenvalue weighted by Gasteiger charge is 2.20. The van der Waals surface area contributed by atoms with E-state index < -0.39 is 0 Å². The molecule has 3 rings (SSSR count). The minimum atomic E-state index is -0.0918. The number of nitrogens with zero attached hydrogens (tertiary/aromatic N) is 3. The van der Waals surface area contributed by atoms with Crippen molar-refractivity contribution in [2.45, 2.75) is 6.92 Å². The van der Waals surface area contributed by atoms with E-state index in [-0.39, 0.29) is 5.91 Å². The molecule has 5 nitrogen and oxygen atoms in total. The van der Waals surface area contributed by atoms with Gasteiger partial charge in [0.25, 0.3) is 5.91 Å². The van der Waals surface area contributed by atoms with E-state index in [1.54, 1.807) is 18.1 Å². The zero-order valence-electron chi connectivity index (χ0n) is 11.7. The van der Waals surface area contributed by atoms with E-state index in [4.69, 9.17) is 0 Å². The van der Waals surface area contributed by atoms with Gasteiger partial charge in [0.2, 0.25) is 5.95 Å². The maximum Gasteiger partial charge on any atom is 0.277 e. The average Bonchev–Trinajstić information content (AvgIpc) is 3.02. The number of carbonyl (C=O) groups is 1. The Balaban J connectivity index is 2.05. The number of para-hydroxylation sites is 2. The molecule has 0 aliphatic rings. The molecule has 0 spiro atoms. The van der Waals surface area contributed by atoms with E-state index >= 15 is 0 Å². The number of benzene rings is 1. The van der Waals surface area contributed by atoms with Crippen molar-refractivity contribution in [3.05, 3.63) is 47.8 Å². The molecule has 0 saturated carbocycles. The summed E-state index contributed by atoms with van der Waals surface area (Å²) >= 11 is 0. The van der Waals surface area contributed by atoms with E-state index in [2.05, 4.69) is 9.97 Å². The molecule has 102 valence electrons. The monoisotopic (exact) mass is 268 g/mol. The number of aromatic nitrogens is 3. The van der Waals surface area contributed by atoms with Crippen molar-refractivity contribution in [1.29, 1.82) is 0 Å². The highest BCUT2D eigenvalue weighted by molar-refractivity contribution is 6.05. The van der Waals surface area contributed by atoms with E-state index in [1.807, 2.05) is 48.9 Å². The van der Waals surface area contributed by atoms with Crippen LogP contribution in [0.4, 0.5) is 5.95 Å². The summed E-state index contributed by atoms with van der Waals surface area (Å²) in [5.74, 6) is 0.538. The Morgan fingerprint density at radius 1 is 1.30 bits per heavy atom. The van der Waals surface area contributed by atoms with Gasteiger partial charge in [0.15, 0.2) is 0 Å². The molecule has 20 heavy (non-hydrogen) atoms.